The minimum atomic E-state index is 0.654. The van der Waals surface area contributed by atoms with Crippen molar-refractivity contribution in [3.63, 3.8) is 0 Å². The molecule has 0 saturated heterocycles. The van der Waals surface area contributed by atoms with Gasteiger partial charge in [-0.15, -0.1) is 0 Å². The van der Waals surface area contributed by atoms with Crippen molar-refractivity contribution in [3.05, 3.63) is 44.7 Å². The molecule has 0 amide bonds. The van der Waals surface area contributed by atoms with E-state index in [0.29, 0.717) is 26.3 Å². The average molecular weight is 328 g/mol. The number of rotatable bonds is 7. The Labute approximate surface area is 93.9 Å². The molecule has 0 aliphatic carbocycles. The van der Waals surface area contributed by atoms with Crippen LogP contribution in [0.2, 0.25) is 0 Å². The summed E-state index contributed by atoms with van der Waals surface area (Å²) < 4.78 is 0. The molecule has 0 atom stereocenters. The molecule has 12 heavy (non-hydrogen) atoms. The van der Waals surface area contributed by atoms with Gasteiger partial charge in [0.25, 0.3) is 0 Å². The fourth-order valence-electron chi connectivity index (χ4n) is 0.285. The molecule has 66 valence electrons. The summed E-state index contributed by atoms with van der Waals surface area (Å²) in [4.78, 5) is 4.48. The molecule has 0 unspecified atom stereocenters. The minimum absolute atomic E-state index is 0.654. The monoisotopic (exact) mass is 330 g/mol. The van der Waals surface area contributed by atoms with Crippen LogP contribution in [-0.4, -0.2) is 26.3 Å². The first-order valence-electron chi connectivity index (χ1n) is 3.06. The van der Waals surface area contributed by atoms with Gasteiger partial charge in [0.15, 0.2) is 0 Å². The predicted octanol–water partition coefficient (Wildman–Crippen LogP) is 3.01. The summed E-state index contributed by atoms with van der Waals surface area (Å²) in [6.07, 6.45) is 0. The van der Waals surface area contributed by atoms with E-state index < -0.39 is 0 Å². The second kappa shape index (κ2) is 11.7. The Morgan fingerprint density at radius 1 is 0.833 bits per heavy atom. The van der Waals surface area contributed by atoms with Crippen molar-refractivity contribution in [2.75, 3.05) is 0 Å². The third-order valence-electron chi connectivity index (χ3n) is 0.627. The van der Waals surface area contributed by atoms with Crippen molar-refractivity contribution in [1.82, 2.24) is 0 Å². The third kappa shape index (κ3) is 10.7. The van der Waals surface area contributed by atoms with Gasteiger partial charge in [0.2, 0.25) is 0 Å². The molecule has 0 radical (unpaired) electrons. The Bertz CT molecular complexity index is 156. The average Bonchev–Trinajstić information content (AvgIpc) is 2.10. The van der Waals surface area contributed by atoms with E-state index in [2.05, 4.69) is 33.9 Å². The zero-order valence-electron chi connectivity index (χ0n) is 6.51. The number of thioether (sulfide) groups is 2. The van der Waals surface area contributed by atoms with Gasteiger partial charge in [-0.3, -0.25) is 0 Å². The van der Waals surface area contributed by atoms with Crippen LogP contribution in [0.15, 0.2) is 44.7 Å². The normalized spacial score (nSPS) is 11.0. The standard InChI is InChI=1S/C8H10S2Se2/c1-3-9-5-7-11-12-8-6-10-4-2/h3-8H,1-2H2/b7-5-,8-6-. The number of hydrogen-bond acceptors (Lipinski definition) is 2. The molecule has 0 aliphatic heterocycles. The fraction of sp³-hybridized carbons (Fsp3) is 0. The van der Waals surface area contributed by atoms with Gasteiger partial charge in [-0.25, -0.2) is 0 Å². The van der Waals surface area contributed by atoms with Gasteiger partial charge in [0.1, 0.15) is 0 Å². The molecule has 0 fully saturated rings. The molecule has 0 rings (SSSR count). The van der Waals surface area contributed by atoms with Crippen molar-refractivity contribution in [3.8, 4) is 0 Å². The van der Waals surface area contributed by atoms with Crippen LogP contribution < -0.4 is 0 Å². The Morgan fingerprint density at radius 3 is 1.58 bits per heavy atom. The molecule has 0 N–H and O–H groups in total. The van der Waals surface area contributed by atoms with Crippen molar-refractivity contribution in [2.45, 2.75) is 0 Å². The number of hydrogen-bond donors (Lipinski definition) is 0. The first kappa shape index (κ1) is 12.7. The molecule has 0 aromatic rings. The van der Waals surface area contributed by atoms with E-state index in [1.807, 2.05) is 10.8 Å². The SMILES string of the molecule is C=CS/C=C\[Se][Se]/C=C\SC=C. The molecule has 0 heterocycles. The van der Waals surface area contributed by atoms with Crippen molar-refractivity contribution in [2.24, 2.45) is 0 Å². The van der Waals surface area contributed by atoms with Gasteiger partial charge in [0.05, 0.1) is 0 Å². The second-order valence-electron chi connectivity index (χ2n) is 1.34. The van der Waals surface area contributed by atoms with Crippen molar-refractivity contribution in [1.29, 1.82) is 0 Å². The summed E-state index contributed by atoms with van der Waals surface area (Å²) in [5.41, 5.74) is 0. The third-order valence-corrected chi connectivity index (χ3v) is 7.28. The van der Waals surface area contributed by atoms with Crippen LogP contribution >= 0.6 is 23.5 Å². The molecule has 0 aromatic heterocycles. The van der Waals surface area contributed by atoms with E-state index in [1.54, 1.807) is 23.5 Å². The zero-order chi connectivity index (χ0) is 9.07. The van der Waals surface area contributed by atoms with Gasteiger partial charge in [-0.2, -0.15) is 0 Å². The van der Waals surface area contributed by atoms with E-state index in [9.17, 15) is 0 Å². The molecule has 0 saturated carbocycles. The first-order chi connectivity index (χ1) is 5.91. The molecule has 0 aliphatic rings. The van der Waals surface area contributed by atoms with Crippen LogP contribution in [0.3, 0.4) is 0 Å². The summed E-state index contributed by atoms with van der Waals surface area (Å²) in [6.45, 7) is 7.23. The van der Waals surface area contributed by atoms with Crippen LogP contribution in [0.4, 0.5) is 0 Å². The Hall–Kier alpha value is 0.699. The topological polar surface area (TPSA) is 0 Å². The maximum atomic E-state index is 3.61. The van der Waals surface area contributed by atoms with Crippen LogP contribution in [-0.2, 0) is 0 Å². The van der Waals surface area contributed by atoms with Gasteiger partial charge in [-0.1, -0.05) is 0 Å². The molecule has 0 nitrogen and oxygen atoms in total. The van der Waals surface area contributed by atoms with Crippen LogP contribution in [0.25, 0.3) is 0 Å². The van der Waals surface area contributed by atoms with E-state index in [4.69, 9.17) is 0 Å². The van der Waals surface area contributed by atoms with E-state index >= 15 is 0 Å². The van der Waals surface area contributed by atoms with Gasteiger partial charge in [-0.05, 0) is 0 Å². The van der Waals surface area contributed by atoms with Crippen LogP contribution in [0.1, 0.15) is 0 Å². The molecule has 0 spiro atoms. The Kier molecular flexibility index (Phi) is 12.4. The summed E-state index contributed by atoms with van der Waals surface area (Å²) in [5, 5.41) is 7.87. The molecular weight excluding hydrogens is 318 g/mol. The molecule has 0 aromatic carbocycles. The van der Waals surface area contributed by atoms with E-state index in [1.165, 1.54) is 0 Å². The van der Waals surface area contributed by atoms with Crippen molar-refractivity contribution < 1.29 is 0 Å². The van der Waals surface area contributed by atoms with Gasteiger partial charge in [0, 0.05) is 0 Å². The van der Waals surface area contributed by atoms with Gasteiger partial charge < -0.3 is 0 Å². The maximum absolute atomic E-state index is 3.61. The van der Waals surface area contributed by atoms with E-state index in [-0.39, 0.29) is 0 Å². The van der Waals surface area contributed by atoms with Crippen molar-refractivity contribution >= 4 is 49.8 Å². The first-order valence-corrected chi connectivity index (χ1v) is 11.3. The second-order valence-corrected chi connectivity index (χ2v) is 9.24. The summed E-state index contributed by atoms with van der Waals surface area (Å²) >= 11 is 4.59. The summed E-state index contributed by atoms with van der Waals surface area (Å²) in [5.74, 6) is 0. The van der Waals surface area contributed by atoms with E-state index in [0.717, 1.165) is 0 Å². The predicted molar refractivity (Wildman–Crippen MR) is 65.4 cm³/mol. The fourth-order valence-corrected chi connectivity index (χ4v) is 6.74. The summed E-state index contributed by atoms with van der Waals surface area (Å²) in [7, 11) is 0. The Morgan fingerprint density at radius 2 is 1.25 bits per heavy atom. The zero-order valence-corrected chi connectivity index (χ0v) is 11.6. The summed E-state index contributed by atoms with van der Waals surface area (Å²) in [6, 6.07) is 0. The molecule has 4 heteroatoms. The Balaban J connectivity index is 3.19. The molecular formula is C8H10S2Se2. The van der Waals surface area contributed by atoms with Crippen LogP contribution in [0.5, 0.6) is 0 Å². The van der Waals surface area contributed by atoms with Gasteiger partial charge >= 0.3 is 94.5 Å². The van der Waals surface area contributed by atoms with Crippen LogP contribution in [0, 0.1) is 0 Å². The quantitative estimate of drug-likeness (QED) is 0.521. The molecule has 0 bridgehead atoms.